The number of halogens is 2. The molecule has 2 aromatic carbocycles. The van der Waals surface area contributed by atoms with Gasteiger partial charge in [-0.05, 0) is 67.0 Å². The Morgan fingerprint density at radius 2 is 1.84 bits per heavy atom. The number of carbonyl (C=O) groups excluding carboxylic acids is 1. The Hall–Kier alpha value is -1.60. The molecule has 4 nitrogen and oxygen atoms in total. The molecule has 6 heteroatoms. The second kappa shape index (κ2) is 10.6. The van der Waals surface area contributed by atoms with Gasteiger partial charge in [-0.2, -0.15) is 0 Å². The molecular weight excluding hydrogens is 535 g/mol. The van der Waals surface area contributed by atoms with Gasteiger partial charge in [0.05, 0.1) is 12.6 Å². The van der Waals surface area contributed by atoms with E-state index in [0.717, 1.165) is 35.3 Å². The molecule has 0 radical (unpaired) electrons. The van der Waals surface area contributed by atoms with E-state index in [-0.39, 0.29) is 42.6 Å². The van der Waals surface area contributed by atoms with E-state index in [2.05, 4.69) is 42.0 Å². The highest BCUT2D eigenvalue weighted by Crippen LogP contribution is 2.35. The number of imidazole rings is 1. The number of ether oxygens (including phenoxy) is 1. The van der Waals surface area contributed by atoms with Gasteiger partial charge < -0.3 is 28.7 Å². The molecule has 1 aliphatic rings. The summed E-state index contributed by atoms with van der Waals surface area (Å²) < 4.78 is 10.3. The number of nitrogens with zero attached hydrogens (tertiary/aromatic N) is 2. The van der Waals surface area contributed by atoms with Crippen LogP contribution < -0.4 is 28.5 Å². The van der Waals surface area contributed by atoms with E-state index in [0.29, 0.717) is 22.8 Å². The second-order valence-electron chi connectivity index (χ2n) is 9.32. The molecule has 0 N–H and O–H groups in total. The highest BCUT2D eigenvalue weighted by Gasteiger charge is 2.34. The Morgan fingerprint density at radius 3 is 2.53 bits per heavy atom. The van der Waals surface area contributed by atoms with Gasteiger partial charge in [-0.15, -0.1) is 0 Å². The molecule has 1 saturated carbocycles. The summed E-state index contributed by atoms with van der Waals surface area (Å²) in [5, 5.41) is 0.694. The first-order valence-corrected chi connectivity index (χ1v) is 11.7. The summed E-state index contributed by atoms with van der Waals surface area (Å²) in [7, 11) is 2.03. The summed E-state index contributed by atoms with van der Waals surface area (Å²) in [6, 6.07) is 15.9. The van der Waals surface area contributed by atoms with E-state index >= 15 is 0 Å². The van der Waals surface area contributed by atoms with Crippen LogP contribution in [0, 0.1) is 17.8 Å². The SMILES string of the molecule is CC(C)[C@@H]1CC[C@@H](C)C[C@H]1OC(=O)Cn1c(-c2ccc(Cl)cc2)[n+](C)c2ccccc21.[I-]. The third kappa shape index (κ3) is 5.14. The Kier molecular flexibility index (Phi) is 8.26. The minimum absolute atomic E-state index is 0. The lowest BCUT2D eigenvalue weighted by Crippen LogP contribution is -3.00. The van der Waals surface area contributed by atoms with Gasteiger partial charge in [-0.1, -0.05) is 50.9 Å². The monoisotopic (exact) mass is 566 g/mol. The molecule has 3 aromatic rings. The molecule has 4 rings (SSSR count). The smallest absolute Gasteiger partial charge is 0.348 e. The molecule has 1 fully saturated rings. The molecule has 172 valence electrons. The molecule has 0 amide bonds. The van der Waals surface area contributed by atoms with Gasteiger partial charge in [-0.25, -0.2) is 13.9 Å². The Labute approximate surface area is 212 Å². The molecule has 0 spiro atoms. The normalized spacial score (nSPS) is 20.9. The molecule has 0 saturated heterocycles. The standard InChI is InChI=1S/C26H32ClN2O2.HI/c1-17(2)21-14-9-18(3)15-24(21)31-25(30)16-29-23-8-6-5-7-22(23)28(4)26(29)19-10-12-20(27)13-11-19;/h5-8,10-13,17-18,21,24H,9,14-16H2,1-4H3;1H/q+1;/p-1/t18-,21+,24-;/m1./s1. The first-order chi connectivity index (χ1) is 14.8. The van der Waals surface area contributed by atoms with Gasteiger partial charge >= 0.3 is 5.97 Å². The number of rotatable bonds is 5. The third-order valence-corrected chi connectivity index (χ3v) is 6.99. The summed E-state index contributed by atoms with van der Waals surface area (Å²) in [5.74, 6) is 2.35. The highest BCUT2D eigenvalue weighted by atomic mass is 127. The molecule has 0 bridgehead atoms. The van der Waals surface area contributed by atoms with Crippen molar-refractivity contribution in [2.24, 2.45) is 24.8 Å². The van der Waals surface area contributed by atoms with Crippen LogP contribution in [0.15, 0.2) is 48.5 Å². The summed E-state index contributed by atoms with van der Waals surface area (Å²) in [6.07, 6.45) is 3.31. The molecular formula is C26H32ClIN2O2. The number of para-hydroxylation sites is 2. The van der Waals surface area contributed by atoms with Crippen LogP contribution in [0.4, 0.5) is 0 Å². The van der Waals surface area contributed by atoms with E-state index in [4.69, 9.17) is 16.3 Å². The van der Waals surface area contributed by atoms with Crippen LogP contribution >= 0.6 is 11.6 Å². The van der Waals surface area contributed by atoms with Crippen molar-refractivity contribution in [2.75, 3.05) is 0 Å². The largest absolute Gasteiger partial charge is 1.00 e. The molecule has 1 aliphatic carbocycles. The predicted molar refractivity (Wildman–Crippen MR) is 125 cm³/mol. The van der Waals surface area contributed by atoms with E-state index < -0.39 is 0 Å². The van der Waals surface area contributed by atoms with Crippen LogP contribution in [0.3, 0.4) is 0 Å². The Morgan fingerprint density at radius 1 is 1.16 bits per heavy atom. The van der Waals surface area contributed by atoms with Gasteiger partial charge in [0.1, 0.15) is 6.10 Å². The summed E-state index contributed by atoms with van der Waals surface area (Å²) in [5.41, 5.74) is 3.11. The number of hydrogen-bond donors (Lipinski definition) is 0. The minimum atomic E-state index is -0.165. The third-order valence-electron chi connectivity index (χ3n) is 6.74. The number of benzene rings is 2. The van der Waals surface area contributed by atoms with Crippen LogP contribution in [-0.2, 0) is 23.1 Å². The summed E-state index contributed by atoms with van der Waals surface area (Å²) in [4.78, 5) is 13.2. The van der Waals surface area contributed by atoms with Crippen molar-refractivity contribution in [1.29, 1.82) is 0 Å². The van der Waals surface area contributed by atoms with Crippen molar-refractivity contribution >= 4 is 28.6 Å². The molecule has 1 aromatic heterocycles. The van der Waals surface area contributed by atoms with Gasteiger partial charge in [0.2, 0.25) is 0 Å². The topological polar surface area (TPSA) is 35.1 Å². The van der Waals surface area contributed by atoms with Crippen LogP contribution in [0.25, 0.3) is 22.4 Å². The fourth-order valence-corrected chi connectivity index (χ4v) is 5.21. The van der Waals surface area contributed by atoms with Crippen molar-refractivity contribution in [3.8, 4) is 11.4 Å². The van der Waals surface area contributed by atoms with Crippen molar-refractivity contribution in [1.82, 2.24) is 4.57 Å². The lowest BCUT2D eigenvalue weighted by atomic mass is 9.75. The molecule has 0 aliphatic heterocycles. The van der Waals surface area contributed by atoms with E-state index in [1.54, 1.807) is 0 Å². The Balaban J connectivity index is 0.00000289. The Bertz CT molecular complexity index is 1080. The predicted octanol–water partition coefficient (Wildman–Crippen LogP) is 2.79. The summed E-state index contributed by atoms with van der Waals surface area (Å²) >= 11 is 6.11. The highest BCUT2D eigenvalue weighted by molar-refractivity contribution is 6.30. The zero-order valence-electron chi connectivity index (χ0n) is 19.2. The molecule has 0 unspecified atom stereocenters. The first-order valence-electron chi connectivity index (χ1n) is 11.3. The van der Waals surface area contributed by atoms with E-state index in [9.17, 15) is 4.79 Å². The average Bonchev–Trinajstić information content (AvgIpc) is 3.00. The summed E-state index contributed by atoms with van der Waals surface area (Å²) in [6.45, 7) is 6.92. The maximum absolute atomic E-state index is 13.2. The zero-order chi connectivity index (χ0) is 22.1. The second-order valence-corrected chi connectivity index (χ2v) is 9.76. The number of fused-ring (bicyclic) bond motifs is 1. The zero-order valence-corrected chi connectivity index (χ0v) is 22.1. The number of esters is 1. The first kappa shape index (κ1) is 25.0. The lowest BCUT2D eigenvalue weighted by molar-refractivity contribution is -0.634. The van der Waals surface area contributed by atoms with Crippen LogP contribution in [0.1, 0.15) is 40.0 Å². The number of aromatic nitrogens is 2. The fourth-order valence-electron chi connectivity index (χ4n) is 5.08. The number of aryl methyl sites for hydroxylation is 1. The van der Waals surface area contributed by atoms with Gasteiger partial charge in [-0.3, -0.25) is 0 Å². The minimum Gasteiger partial charge on any atom is -1.00 e. The fraction of sp³-hybridized carbons (Fsp3) is 0.462. The van der Waals surface area contributed by atoms with Gasteiger partial charge in [0.25, 0.3) is 5.82 Å². The molecule has 32 heavy (non-hydrogen) atoms. The van der Waals surface area contributed by atoms with Crippen LogP contribution in [-0.4, -0.2) is 16.6 Å². The number of carbonyl (C=O) groups is 1. The average molecular weight is 567 g/mol. The van der Waals surface area contributed by atoms with Crippen molar-refractivity contribution in [2.45, 2.75) is 52.7 Å². The van der Waals surface area contributed by atoms with Crippen LogP contribution in [0.2, 0.25) is 5.02 Å². The lowest BCUT2D eigenvalue weighted by Gasteiger charge is -2.36. The van der Waals surface area contributed by atoms with Gasteiger partial charge in [0.15, 0.2) is 17.6 Å². The molecule has 3 atom stereocenters. The quantitative estimate of drug-likeness (QED) is 0.271. The van der Waals surface area contributed by atoms with Crippen molar-refractivity contribution in [3.63, 3.8) is 0 Å². The number of hydrogen-bond acceptors (Lipinski definition) is 2. The van der Waals surface area contributed by atoms with Crippen molar-refractivity contribution < 1.29 is 38.1 Å². The van der Waals surface area contributed by atoms with Gasteiger partial charge in [0, 0.05) is 5.02 Å². The van der Waals surface area contributed by atoms with E-state index in [1.807, 2.05) is 43.4 Å². The molecule has 1 heterocycles. The maximum Gasteiger partial charge on any atom is 0.348 e. The van der Waals surface area contributed by atoms with Crippen LogP contribution in [0.5, 0.6) is 0 Å². The van der Waals surface area contributed by atoms with Crippen molar-refractivity contribution in [3.05, 3.63) is 53.6 Å². The maximum atomic E-state index is 13.2. The van der Waals surface area contributed by atoms with E-state index in [1.165, 1.54) is 6.42 Å².